The smallest absolute Gasteiger partial charge is 0.220 e. The fourth-order valence-electron chi connectivity index (χ4n) is 4.11. The lowest BCUT2D eigenvalue weighted by molar-refractivity contribution is -0.121. The molecule has 1 amide bonds. The van der Waals surface area contributed by atoms with Crippen molar-refractivity contribution < 1.29 is 9.53 Å². The summed E-state index contributed by atoms with van der Waals surface area (Å²) in [5, 5.41) is 4.19. The SMILES string of the molecule is COc1ccc2[nH]cc([C@H](CCc3ccccc3)CC(=O)NCCc3ccccn3)c2c1. The van der Waals surface area contributed by atoms with Gasteiger partial charge in [-0.05, 0) is 60.2 Å². The number of hydrogen-bond acceptors (Lipinski definition) is 3. The number of aromatic nitrogens is 2. The van der Waals surface area contributed by atoms with Crippen LogP contribution in [0.2, 0.25) is 0 Å². The molecule has 5 nitrogen and oxygen atoms in total. The maximum Gasteiger partial charge on any atom is 0.220 e. The minimum absolute atomic E-state index is 0.0660. The van der Waals surface area contributed by atoms with Gasteiger partial charge < -0.3 is 15.0 Å². The summed E-state index contributed by atoms with van der Waals surface area (Å²) in [5.74, 6) is 0.988. The number of pyridine rings is 1. The third kappa shape index (κ3) is 5.55. The molecule has 0 aliphatic rings. The molecule has 0 spiro atoms. The van der Waals surface area contributed by atoms with Crippen LogP contribution in [0.25, 0.3) is 10.9 Å². The van der Waals surface area contributed by atoms with E-state index in [1.807, 2.05) is 42.6 Å². The zero-order valence-electron chi connectivity index (χ0n) is 18.4. The van der Waals surface area contributed by atoms with Crippen LogP contribution in [-0.4, -0.2) is 29.5 Å². The Labute approximate surface area is 188 Å². The molecule has 2 aromatic carbocycles. The van der Waals surface area contributed by atoms with Gasteiger partial charge in [-0.25, -0.2) is 0 Å². The van der Waals surface area contributed by atoms with Crippen molar-refractivity contribution in [2.24, 2.45) is 0 Å². The van der Waals surface area contributed by atoms with Gasteiger partial charge in [-0.3, -0.25) is 9.78 Å². The van der Waals surface area contributed by atoms with Gasteiger partial charge in [0.1, 0.15) is 5.75 Å². The largest absolute Gasteiger partial charge is 0.497 e. The van der Waals surface area contributed by atoms with Crippen LogP contribution in [0, 0.1) is 0 Å². The van der Waals surface area contributed by atoms with E-state index < -0.39 is 0 Å². The quantitative estimate of drug-likeness (QED) is 0.373. The van der Waals surface area contributed by atoms with Gasteiger partial charge in [0.05, 0.1) is 7.11 Å². The van der Waals surface area contributed by atoms with Crippen LogP contribution in [0.1, 0.15) is 35.6 Å². The molecule has 0 bridgehead atoms. The number of ether oxygens (including phenoxy) is 1. The van der Waals surface area contributed by atoms with Crippen LogP contribution >= 0.6 is 0 Å². The molecule has 0 aliphatic heterocycles. The molecular formula is C27H29N3O2. The first-order chi connectivity index (χ1) is 15.7. The Morgan fingerprint density at radius 1 is 1.06 bits per heavy atom. The molecule has 0 saturated carbocycles. The predicted molar refractivity (Wildman–Crippen MR) is 128 cm³/mol. The topological polar surface area (TPSA) is 67.0 Å². The Balaban J connectivity index is 1.48. The molecule has 0 saturated heterocycles. The number of nitrogens with one attached hydrogen (secondary N) is 2. The number of carbonyl (C=O) groups excluding carboxylic acids is 1. The predicted octanol–water partition coefficient (Wildman–Crippen LogP) is 5.04. The van der Waals surface area contributed by atoms with Crippen LogP contribution in [0.3, 0.4) is 0 Å². The van der Waals surface area contributed by atoms with E-state index in [4.69, 9.17) is 4.74 Å². The van der Waals surface area contributed by atoms with Crippen molar-refractivity contribution in [2.75, 3.05) is 13.7 Å². The van der Waals surface area contributed by atoms with Crippen molar-refractivity contribution >= 4 is 16.8 Å². The first-order valence-corrected chi connectivity index (χ1v) is 11.1. The van der Waals surface area contributed by atoms with Gasteiger partial charge in [-0.15, -0.1) is 0 Å². The lowest BCUT2D eigenvalue weighted by Crippen LogP contribution is -2.27. The van der Waals surface area contributed by atoms with Crippen LogP contribution < -0.4 is 10.1 Å². The molecule has 1 atom stereocenters. The number of methoxy groups -OCH3 is 1. The molecule has 4 rings (SSSR count). The third-order valence-corrected chi connectivity index (χ3v) is 5.85. The molecule has 2 aromatic heterocycles. The van der Waals surface area contributed by atoms with Gasteiger partial charge in [-0.1, -0.05) is 36.4 Å². The second-order valence-electron chi connectivity index (χ2n) is 8.00. The number of nitrogens with zero attached hydrogens (tertiary/aromatic N) is 1. The Bertz CT molecular complexity index is 1140. The second-order valence-corrected chi connectivity index (χ2v) is 8.00. The van der Waals surface area contributed by atoms with Gasteiger partial charge in [0.2, 0.25) is 5.91 Å². The number of fused-ring (bicyclic) bond motifs is 1. The molecule has 32 heavy (non-hydrogen) atoms. The molecule has 0 radical (unpaired) electrons. The highest BCUT2D eigenvalue weighted by Crippen LogP contribution is 2.33. The number of rotatable bonds is 10. The molecule has 5 heteroatoms. The number of hydrogen-bond donors (Lipinski definition) is 2. The van der Waals surface area contributed by atoms with E-state index in [1.165, 1.54) is 5.56 Å². The van der Waals surface area contributed by atoms with Crippen molar-refractivity contribution in [3.8, 4) is 5.75 Å². The second kappa shape index (κ2) is 10.6. The van der Waals surface area contributed by atoms with Gasteiger partial charge in [0.25, 0.3) is 0 Å². The van der Waals surface area contributed by atoms with E-state index in [1.54, 1.807) is 13.3 Å². The van der Waals surface area contributed by atoms with Crippen molar-refractivity contribution in [3.05, 3.63) is 95.9 Å². The average molecular weight is 428 g/mol. The summed E-state index contributed by atoms with van der Waals surface area (Å²) < 4.78 is 5.43. The number of aryl methyl sites for hydroxylation is 1. The first-order valence-electron chi connectivity index (χ1n) is 11.1. The van der Waals surface area contributed by atoms with Crippen molar-refractivity contribution in [1.82, 2.24) is 15.3 Å². The first kappa shape index (κ1) is 21.6. The average Bonchev–Trinajstić information content (AvgIpc) is 3.26. The third-order valence-electron chi connectivity index (χ3n) is 5.85. The minimum Gasteiger partial charge on any atom is -0.497 e. The molecule has 0 unspecified atom stereocenters. The molecule has 2 N–H and O–H groups in total. The molecule has 0 fully saturated rings. The van der Waals surface area contributed by atoms with E-state index in [2.05, 4.69) is 45.6 Å². The summed E-state index contributed by atoms with van der Waals surface area (Å²) >= 11 is 0. The summed E-state index contributed by atoms with van der Waals surface area (Å²) in [6.07, 6.45) is 6.80. The van der Waals surface area contributed by atoms with E-state index in [0.29, 0.717) is 13.0 Å². The maximum atomic E-state index is 12.8. The maximum absolute atomic E-state index is 12.8. The van der Waals surface area contributed by atoms with Gasteiger partial charge >= 0.3 is 0 Å². The van der Waals surface area contributed by atoms with Crippen LogP contribution in [0.5, 0.6) is 5.75 Å². The Morgan fingerprint density at radius 3 is 2.69 bits per heavy atom. The monoisotopic (exact) mass is 427 g/mol. The number of amides is 1. The summed E-state index contributed by atoms with van der Waals surface area (Å²) in [5.41, 5.74) is 4.48. The number of aromatic amines is 1. The van der Waals surface area contributed by atoms with Crippen LogP contribution in [0.4, 0.5) is 0 Å². The fourth-order valence-corrected chi connectivity index (χ4v) is 4.11. The lowest BCUT2D eigenvalue weighted by atomic mass is 9.89. The summed E-state index contributed by atoms with van der Waals surface area (Å²) in [7, 11) is 1.68. The highest BCUT2D eigenvalue weighted by Gasteiger charge is 2.20. The normalized spacial score (nSPS) is 11.9. The number of benzene rings is 2. The van der Waals surface area contributed by atoms with E-state index in [9.17, 15) is 4.79 Å². The summed E-state index contributed by atoms with van der Waals surface area (Å²) in [6.45, 7) is 0.586. The molecule has 164 valence electrons. The van der Waals surface area contributed by atoms with E-state index >= 15 is 0 Å². The highest BCUT2D eigenvalue weighted by molar-refractivity contribution is 5.86. The molecule has 4 aromatic rings. The van der Waals surface area contributed by atoms with Crippen molar-refractivity contribution in [3.63, 3.8) is 0 Å². The van der Waals surface area contributed by atoms with Gasteiger partial charge in [-0.2, -0.15) is 0 Å². The van der Waals surface area contributed by atoms with Crippen molar-refractivity contribution in [2.45, 2.75) is 31.6 Å². The zero-order valence-corrected chi connectivity index (χ0v) is 18.4. The number of carbonyl (C=O) groups is 1. The molecule has 2 heterocycles. The standard InChI is InChI=1S/C27H29N3O2/c1-32-23-12-13-26-24(18-23)25(19-30-26)21(11-10-20-7-3-2-4-8-20)17-27(31)29-16-14-22-9-5-6-15-28-22/h2-9,12-13,15,18-19,21,30H,10-11,14,16-17H2,1H3,(H,29,31)/t21-/m1/s1. The molecular weight excluding hydrogens is 398 g/mol. The summed E-state index contributed by atoms with van der Waals surface area (Å²) in [6, 6.07) is 22.3. The highest BCUT2D eigenvalue weighted by atomic mass is 16.5. The van der Waals surface area contributed by atoms with Crippen LogP contribution in [0.15, 0.2) is 79.1 Å². The Kier molecular flexibility index (Phi) is 7.18. The lowest BCUT2D eigenvalue weighted by Gasteiger charge is -2.17. The fraction of sp³-hybridized carbons (Fsp3) is 0.259. The Morgan fingerprint density at radius 2 is 1.91 bits per heavy atom. The van der Waals surface area contributed by atoms with E-state index in [0.717, 1.165) is 47.2 Å². The van der Waals surface area contributed by atoms with Crippen LogP contribution in [-0.2, 0) is 17.6 Å². The summed E-state index contributed by atoms with van der Waals surface area (Å²) in [4.78, 5) is 20.5. The minimum atomic E-state index is 0.0660. The van der Waals surface area contributed by atoms with E-state index in [-0.39, 0.29) is 11.8 Å². The van der Waals surface area contributed by atoms with Crippen molar-refractivity contribution in [1.29, 1.82) is 0 Å². The zero-order chi connectivity index (χ0) is 22.2. The molecule has 0 aliphatic carbocycles. The number of H-pyrrole nitrogens is 1. The van der Waals surface area contributed by atoms with Gasteiger partial charge in [0.15, 0.2) is 0 Å². The van der Waals surface area contributed by atoms with Gasteiger partial charge in [0, 0.05) is 48.4 Å². The Hall–Kier alpha value is -3.60.